The summed E-state index contributed by atoms with van der Waals surface area (Å²) in [7, 11) is 0. The first kappa shape index (κ1) is 16.2. The molecule has 4 rings (SSSR count). The van der Waals surface area contributed by atoms with Crippen molar-refractivity contribution in [2.75, 3.05) is 31.2 Å². The molecule has 24 heavy (non-hydrogen) atoms. The Hall–Kier alpha value is -1.28. The zero-order valence-electron chi connectivity index (χ0n) is 13.9. The largest absolute Gasteiger partial charge is 0.377 e. The highest BCUT2D eigenvalue weighted by Crippen LogP contribution is 2.47. The molecule has 2 saturated heterocycles. The van der Waals surface area contributed by atoms with Gasteiger partial charge in [-0.25, -0.2) is 9.37 Å². The molecule has 3 heterocycles. The molecular formula is C16H23FN4O2S. The fraction of sp³-hybridized carbons (Fsp3) is 0.812. The van der Waals surface area contributed by atoms with Gasteiger partial charge in [0.25, 0.3) is 5.91 Å². The van der Waals surface area contributed by atoms with Gasteiger partial charge in [-0.05, 0) is 12.8 Å². The molecule has 3 fully saturated rings. The average molecular weight is 354 g/mol. The van der Waals surface area contributed by atoms with Gasteiger partial charge in [-0.15, -0.1) is 0 Å². The Morgan fingerprint density at radius 3 is 3.00 bits per heavy atom. The lowest BCUT2D eigenvalue weighted by Crippen LogP contribution is -2.65. The summed E-state index contributed by atoms with van der Waals surface area (Å²) in [6, 6.07) is 0.0491. The summed E-state index contributed by atoms with van der Waals surface area (Å²) in [5.74, 6) is 0.390. The van der Waals surface area contributed by atoms with Crippen molar-refractivity contribution in [3.63, 3.8) is 0 Å². The maximum absolute atomic E-state index is 14.6. The molecule has 132 valence electrons. The maximum atomic E-state index is 14.6. The van der Waals surface area contributed by atoms with E-state index in [1.54, 1.807) is 0 Å². The summed E-state index contributed by atoms with van der Waals surface area (Å²) in [5.41, 5.74) is -1.79. The molecule has 2 aliphatic heterocycles. The van der Waals surface area contributed by atoms with Gasteiger partial charge in [0.1, 0.15) is 5.82 Å². The van der Waals surface area contributed by atoms with Crippen LogP contribution in [0.3, 0.4) is 0 Å². The summed E-state index contributed by atoms with van der Waals surface area (Å²) in [6.45, 7) is 3.99. The molecule has 3 aliphatic rings. The van der Waals surface area contributed by atoms with Crippen molar-refractivity contribution in [3.8, 4) is 0 Å². The second kappa shape index (κ2) is 5.91. The van der Waals surface area contributed by atoms with E-state index in [2.05, 4.69) is 19.6 Å². The number of nitrogens with zero attached hydrogens (tertiary/aromatic N) is 3. The number of hydrogen-bond donors (Lipinski definition) is 1. The first-order chi connectivity index (χ1) is 11.5. The number of anilines is 1. The molecule has 1 aromatic heterocycles. The second-order valence-corrected chi connectivity index (χ2v) is 7.98. The van der Waals surface area contributed by atoms with E-state index in [9.17, 15) is 9.18 Å². The van der Waals surface area contributed by atoms with E-state index in [-0.39, 0.29) is 24.5 Å². The highest BCUT2D eigenvalue weighted by Gasteiger charge is 2.54. The molecule has 0 radical (unpaired) electrons. The van der Waals surface area contributed by atoms with Crippen molar-refractivity contribution in [1.29, 1.82) is 0 Å². The predicted molar refractivity (Wildman–Crippen MR) is 89.0 cm³/mol. The SMILES string of the molecule is CCc1nsc(N2CC3(CCCC3NC(=O)C3(F)CCOC3)C2)n1. The van der Waals surface area contributed by atoms with Gasteiger partial charge in [-0.1, -0.05) is 13.3 Å². The van der Waals surface area contributed by atoms with E-state index in [0.29, 0.717) is 6.61 Å². The molecule has 1 aliphatic carbocycles. The van der Waals surface area contributed by atoms with Gasteiger partial charge >= 0.3 is 0 Å². The predicted octanol–water partition coefficient (Wildman–Crippen LogP) is 1.70. The van der Waals surface area contributed by atoms with Gasteiger partial charge in [0.05, 0.1) is 13.2 Å². The topological polar surface area (TPSA) is 67.4 Å². The zero-order valence-corrected chi connectivity index (χ0v) is 14.7. The molecule has 0 bridgehead atoms. The van der Waals surface area contributed by atoms with Gasteiger partial charge in [-0.3, -0.25) is 4.79 Å². The zero-order chi connectivity index (χ0) is 16.8. The normalized spacial score (nSPS) is 31.4. The number of nitrogens with one attached hydrogen (secondary N) is 1. The third-order valence-electron chi connectivity index (χ3n) is 5.65. The number of aryl methyl sites for hydroxylation is 1. The average Bonchev–Trinajstić information content (AvgIpc) is 3.24. The van der Waals surface area contributed by atoms with Crippen LogP contribution in [0, 0.1) is 5.41 Å². The molecule has 1 spiro atoms. The fourth-order valence-corrected chi connectivity index (χ4v) is 4.86. The lowest BCUT2D eigenvalue weighted by molar-refractivity contribution is -0.134. The number of halogens is 1. The molecule has 2 unspecified atom stereocenters. The number of hydrogen-bond acceptors (Lipinski definition) is 6. The van der Waals surface area contributed by atoms with Crippen LogP contribution in [0.15, 0.2) is 0 Å². The number of ether oxygens (including phenoxy) is 1. The molecule has 6 nitrogen and oxygen atoms in total. The van der Waals surface area contributed by atoms with E-state index in [1.165, 1.54) is 11.5 Å². The third kappa shape index (κ3) is 2.60. The van der Waals surface area contributed by atoms with Crippen molar-refractivity contribution >= 4 is 22.6 Å². The minimum Gasteiger partial charge on any atom is -0.377 e. The molecule has 1 N–H and O–H groups in total. The lowest BCUT2D eigenvalue weighted by atomic mass is 9.75. The van der Waals surface area contributed by atoms with Crippen LogP contribution in [0.2, 0.25) is 0 Å². The van der Waals surface area contributed by atoms with Crippen LogP contribution in [-0.4, -0.2) is 53.3 Å². The summed E-state index contributed by atoms with van der Waals surface area (Å²) < 4.78 is 24.0. The summed E-state index contributed by atoms with van der Waals surface area (Å²) >= 11 is 1.44. The first-order valence-electron chi connectivity index (χ1n) is 8.70. The van der Waals surface area contributed by atoms with Crippen LogP contribution in [0.1, 0.15) is 38.4 Å². The van der Waals surface area contributed by atoms with E-state index < -0.39 is 11.6 Å². The van der Waals surface area contributed by atoms with Crippen molar-refractivity contribution in [2.24, 2.45) is 5.41 Å². The molecule has 1 aromatic rings. The molecule has 0 aromatic carbocycles. The van der Waals surface area contributed by atoms with Crippen LogP contribution in [0.25, 0.3) is 0 Å². The smallest absolute Gasteiger partial charge is 0.260 e. The van der Waals surface area contributed by atoms with Crippen LogP contribution in [0.4, 0.5) is 9.52 Å². The Labute approximate surface area is 144 Å². The maximum Gasteiger partial charge on any atom is 0.260 e. The summed E-state index contributed by atoms with van der Waals surface area (Å²) in [4.78, 5) is 19.1. The van der Waals surface area contributed by atoms with E-state index in [4.69, 9.17) is 4.74 Å². The van der Waals surface area contributed by atoms with Gasteiger partial charge in [-0.2, -0.15) is 4.37 Å². The van der Waals surface area contributed by atoms with Crippen molar-refractivity contribution in [2.45, 2.75) is 50.7 Å². The number of rotatable bonds is 4. The van der Waals surface area contributed by atoms with Crippen molar-refractivity contribution in [1.82, 2.24) is 14.7 Å². The van der Waals surface area contributed by atoms with Gasteiger partial charge < -0.3 is 15.0 Å². The van der Waals surface area contributed by atoms with Crippen LogP contribution >= 0.6 is 11.5 Å². The molecule has 1 amide bonds. The number of alkyl halides is 1. The summed E-state index contributed by atoms with van der Waals surface area (Å²) in [6.07, 6.45) is 4.07. The Morgan fingerprint density at radius 1 is 1.50 bits per heavy atom. The quantitative estimate of drug-likeness (QED) is 0.891. The Kier molecular flexibility index (Phi) is 3.99. The molecule has 2 atom stereocenters. The first-order valence-corrected chi connectivity index (χ1v) is 9.47. The number of amides is 1. The highest BCUT2D eigenvalue weighted by molar-refractivity contribution is 7.09. The van der Waals surface area contributed by atoms with Crippen LogP contribution in [-0.2, 0) is 16.0 Å². The van der Waals surface area contributed by atoms with Gasteiger partial charge in [0, 0.05) is 48.9 Å². The summed E-state index contributed by atoms with van der Waals surface area (Å²) in [5, 5.41) is 3.95. The van der Waals surface area contributed by atoms with E-state index in [0.717, 1.165) is 49.7 Å². The number of carbonyl (C=O) groups excluding carboxylic acids is 1. The Balaban J connectivity index is 1.40. The monoisotopic (exact) mass is 354 g/mol. The minimum absolute atomic E-state index is 0.0491. The molecular weight excluding hydrogens is 331 g/mol. The van der Waals surface area contributed by atoms with Gasteiger partial charge in [0.2, 0.25) is 10.8 Å². The standard InChI is InChI=1S/C16H23FN4O2S/c1-2-12-19-14(24-20-12)21-8-15(9-21)5-3-4-11(15)18-13(22)16(17)6-7-23-10-16/h11H,2-10H2,1H3,(H,18,22). The van der Waals surface area contributed by atoms with Crippen molar-refractivity contribution < 1.29 is 13.9 Å². The van der Waals surface area contributed by atoms with Crippen LogP contribution in [0.5, 0.6) is 0 Å². The Bertz CT molecular complexity index is 625. The second-order valence-electron chi connectivity index (χ2n) is 7.25. The minimum atomic E-state index is -1.84. The van der Waals surface area contributed by atoms with E-state index >= 15 is 0 Å². The third-order valence-corrected chi connectivity index (χ3v) is 6.46. The molecule has 1 saturated carbocycles. The highest BCUT2D eigenvalue weighted by atomic mass is 32.1. The van der Waals surface area contributed by atoms with Gasteiger partial charge in [0.15, 0.2) is 0 Å². The number of carbonyl (C=O) groups is 1. The van der Waals surface area contributed by atoms with Crippen LogP contribution < -0.4 is 10.2 Å². The fourth-order valence-electron chi connectivity index (χ4n) is 4.12. The van der Waals surface area contributed by atoms with Crippen molar-refractivity contribution in [3.05, 3.63) is 5.82 Å². The Morgan fingerprint density at radius 2 is 2.33 bits per heavy atom. The molecule has 8 heteroatoms. The number of aromatic nitrogens is 2. The van der Waals surface area contributed by atoms with E-state index in [1.807, 2.05) is 6.92 Å². The lowest BCUT2D eigenvalue weighted by Gasteiger charge is -2.51.